The quantitative estimate of drug-likeness (QED) is 0.260. The van der Waals surface area contributed by atoms with Gasteiger partial charge in [0.25, 0.3) is 0 Å². The van der Waals surface area contributed by atoms with Crippen LogP contribution in [0.25, 0.3) is 11.3 Å². The molecule has 1 saturated heterocycles. The number of carboxylic acid groups (broad SMARTS) is 2. The minimum atomic E-state index is -1.25. The van der Waals surface area contributed by atoms with Gasteiger partial charge in [-0.1, -0.05) is 6.07 Å². The van der Waals surface area contributed by atoms with Gasteiger partial charge in [0.2, 0.25) is 0 Å². The Morgan fingerprint density at radius 2 is 1.72 bits per heavy atom. The average molecular weight is 546 g/mol. The Balaban J connectivity index is 1.64. The van der Waals surface area contributed by atoms with E-state index in [9.17, 15) is 19.8 Å². The smallest absolute Gasteiger partial charge is 0.335 e. The van der Waals surface area contributed by atoms with Crippen molar-refractivity contribution in [2.45, 2.75) is 12.1 Å². The summed E-state index contributed by atoms with van der Waals surface area (Å²) in [5.74, 6) is -0.566. The lowest BCUT2D eigenvalue weighted by Gasteiger charge is -2.27. The number of nitrogens with one attached hydrogen (secondary N) is 1. The van der Waals surface area contributed by atoms with Gasteiger partial charge in [0, 0.05) is 17.8 Å². The molecule has 0 radical (unpaired) electrons. The van der Waals surface area contributed by atoms with E-state index in [1.54, 1.807) is 44.7 Å². The van der Waals surface area contributed by atoms with Crippen LogP contribution in [-0.2, 0) is 0 Å². The molecule has 11 heteroatoms. The molecule has 0 saturated carbocycles. The number of pyridine rings is 1. The lowest BCUT2D eigenvalue weighted by molar-refractivity contribution is 0.0696. The zero-order valence-corrected chi connectivity index (χ0v) is 21.6. The Morgan fingerprint density at radius 3 is 2.33 bits per heavy atom. The molecule has 2 atom stereocenters. The van der Waals surface area contributed by atoms with E-state index in [1.165, 1.54) is 12.1 Å². The van der Waals surface area contributed by atoms with Crippen molar-refractivity contribution in [1.82, 2.24) is 10.3 Å². The summed E-state index contributed by atoms with van der Waals surface area (Å²) in [5, 5.41) is 22.7. The first kappa shape index (κ1) is 25.7. The molecule has 2 aromatic carbocycles. The van der Waals surface area contributed by atoms with Gasteiger partial charge in [-0.05, 0) is 66.8 Å². The molecule has 10 nitrogen and oxygen atoms in total. The monoisotopic (exact) mass is 545 g/mol. The van der Waals surface area contributed by atoms with Crippen LogP contribution in [0.1, 0.15) is 44.3 Å². The number of nitrogens with zero attached hydrogens (tertiary/aromatic N) is 2. The van der Waals surface area contributed by atoms with Gasteiger partial charge >= 0.3 is 11.9 Å². The highest BCUT2D eigenvalue weighted by atomic mass is 32.1. The molecule has 3 heterocycles. The van der Waals surface area contributed by atoms with Crippen LogP contribution in [0.2, 0.25) is 0 Å². The third-order valence-corrected chi connectivity index (χ3v) is 6.69. The number of benzene rings is 2. The Morgan fingerprint density at radius 1 is 0.974 bits per heavy atom. The predicted octanol–water partition coefficient (Wildman–Crippen LogP) is 4.93. The van der Waals surface area contributed by atoms with Crippen molar-refractivity contribution in [3.05, 3.63) is 95.5 Å². The van der Waals surface area contributed by atoms with Crippen molar-refractivity contribution in [3.8, 4) is 22.8 Å². The molecule has 2 aromatic heterocycles. The van der Waals surface area contributed by atoms with Crippen molar-refractivity contribution in [3.63, 3.8) is 0 Å². The first-order valence-electron chi connectivity index (χ1n) is 11.7. The number of aromatic nitrogens is 1. The van der Waals surface area contributed by atoms with E-state index in [2.05, 4.69) is 10.3 Å². The molecule has 0 amide bonds. The molecule has 1 fully saturated rings. The summed E-state index contributed by atoms with van der Waals surface area (Å²) >= 11 is 5.77. The maximum Gasteiger partial charge on any atom is 0.335 e. The van der Waals surface area contributed by atoms with Crippen LogP contribution in [0.5, 0.6) is 11.5 Å². The van der Waals surface area contributed by atoms with Crippen molar-refractivity contribution < 1.29 is 33.7 Å². The second-order valence-corrected chi connectivity index (χ2v) is 9.03. The molecule has 0 unspecified atom stereocenters. The maximum atomic E-state index is 11.6. The van der Waals surface area contributed by atoms with E-state index in [1.807, 2.05) is 29.2 Å². The first-order valence-corrected chi connectivity index (χ1v) is 12.2. The van der Waals surface area contributed by atoms with Gasteiger partial charge in [-0.15, -0.1) is 0 Å². The average Bonchev–Trinajstić information content (AvgIpc) is 3.57. The lowest BCUT2D eigenvalue weighted by Crippen LogP contribution is -2.29. The van der Waals surface area contributed by atoms with Gasteiger partial charge in [0.1, 0.15) is 29.1 Å². The molecular weight excluding hydrogens is 522 g/mol. The highest BCUT2D eigenvalue weighted by Crippen LogP contribution is 2.46. The SMILES string of the molecule is COc1ccc(N2C(=S)N[C@@H](c3ccccn3)[C@H]2c2ccc(-c3cc(C(=O)O)cc(C(=O)O)c3)o2)c(OC)c1. The number of hydrogen-bond acceptors (Lipinski definition) is 7. The summed E-state index contributed by atoms with van der Waals surface area (Å²) in [5.41, 5.74) is 1.37. The Bertz CT molecular complexity index is 1540. The summed E-state index contributed by atoms with van der Waals surface area (Å²) in [6, 6.07) is 17.3. The summed E-state index contributed by atoms with van der Waals surface area (Å²) in [6.45, 7) is 0. The fourth-order valence-corrected chi connectivity index (χ4v) is 4.91. The van der Waals surface area contributed by atoms with Gasteiger partial charge in [-0.25, -0.2) is 9.59 Å². The zero-order chi connectivity index (χ0) is 27.7. The third kappa shape index (κ3) is 4.87. The summed E-state index contributed by atoms with van der Waals surface area (Å²) < 4.78 is 17.3. The van der Waals surface area contributed by atoms with Gasteiger partial charge in [0.15, 0.2) is 5.11 Å². The van der Waals surface area contributed by atoms with Crippen LogP contribution in [0.15, 0.2) is 77.3 Å². The lowest BCUT2D eigenvalue weighted by atomic mass is 10.0. The number of furan rings is 1. The molecule has 3 N–H and O–H groups in total. The molecule has 1 aliphatic rings. The number of ether oxygens (including phenoxy) is 2. The van der Waals surface area contributed by atoms with E-state index >= 15 is 0 Å². The largest absolute Gasteiger partial charge is 0.497 e. The molecule has 0 aliphatic carbocycles. The number of carboxylic acids is 2. The molecule has 0 spiro atoms. The molecule has 5 rings (SSSR count). The van der Waals surface area contributed by atoms with Crippen molar-refractivity contribution in [2.75, 3.05) is 19.1 Å². The van der Waals surface area contributed by atoms with Gasteiger partial charge in [0.05, 0.1) is 42.8 Å². The first-order chi connectivity index (χ1) is 18.8. The predicted molar refractivity (Wildman–Crippen MR) is 146 cm³/mol. The molecule has 4 aromatic rings. The number of hydrogen-bond donors (Lipinski definition) is 3. The Kier molecular flexibility index (Phi) is 6.90. The Hall–Kier alpha value is -4.90. The van der Waals surface area contributed by atoms with E-state index in [-0.39, 0.29) is 11.1 Å². The topological polar surface area (TPSA) is 134 Å². The highest BCUT2D eigenvalue weighted by Gasteiger charge is 2.43. The van der Waals surface area contributed by atoms with E-state index in [4.69, 9.17) is 26.1 Å². The molecule has 39 heavy (non-hydrogen) atoms. The third-order valence-electron chi connectivity index (χ3n) is 6.37. The fourth-order valence-electron chi connectivity index (χ4n) is 4.57. The van der Waals surface area contributed by atoms with Crippen LogP contribution < -0.4 is 19.7 Å². The number of rotatable bonds is 8. The molecular formula is C28H23N3O7S. The number of thiocarbonyl (C=S) groups is 1. The van der Waals surface area contributed by atoms with Crippen LogP contribution in [0.4, 0.5) is 5.69 Å². The summed E-state index contributed by atoms with van der Waals surface area (Å²) in [6.07, 6.45) is 1.69. The number of aromatic carboxylic acids is 2. The van der Waals surface area contributed by atoms with E-state index in [0.29, 0.717) is 39.4 Å². The van der Waals surface area contributed by atoms with Gasteiger partial charge in [-0.2, -0.15) is 0 Å². The van der Waals surface area contributed by atoms with Crippen molar-refractivity contribution in [1.29, 1.82) is 0 Å². The maximum absolute atomic E-state index is 11.6. The minimum Gasteiger partial charge on any atom is -0.497 e. The zero-order valence-electron chi connectivity index (χ0n) is 20.8. The van der Waals surface area contributed by atoms with Crippen LogP contribution in [0.3, 0.4) is 0 Å². The van der Waals surface area contributed by atoms with Crippen LogP contribution in [-0.4, -0.2) is 46.5 Å². The number of methoxy groups -OCH3 is 2. The molecule has 198 valence electrons. The Labute approximate surface area is 228 Å². The number of carbonyl (C=O) groups is 2. The van der Waals surface area contributed by atoms with Crippen LogP contribution in [0, 0.1) is 0 Å². The summed E-state index contributed by atoms with van der Waals surface area (Å²) in [4.78, 5) is 29.7. The van der Waals surface area contributed by atoms with Crippen LogP contribution >= 0.6 is 12.2 Å². The minimum absolute atomic E-state index is 0.164. The van der Waals surface area contributed by atoms with E-state index < -0.39 is 24.0 Å². The molecule has 1 aliphatic heterocycles. The number of anilines is 1. The van der Waals surface area contributed by atoms with Gasteiger partial charge < -0.3 is 34.3 Å². The van der Waals surface area contributed by atoms with Gasteiger partial charge in [-0.3, -0.25) is 4.98 Å². The van der Waals surface area contributed by atoms with E-state index in [0.717, 1.165) is 11.8 Å². The normalized spacial score (nSPS) is 16.6. The van der Waals surface area contributed by atoms with Crippen molar-refractivity contribution >= 4 is 35.0 Å². The van der Waals surface area contributed by atoms with Crippen molar-refractivity contribution in [2.24, 2.45) is 0 Å². The molecule has 0 bridgehead atoms. The fraction of sp³-hybridized carbons (Fsp3) is 0.143. The second-order valence-electron chi connectivity index (χ2n) is 8.65. The standard InChI is InChI=1S/C28H23N3O7S/c1-36-18-6-7-20(23(14-18)37-2)31-25(24(30-28(31)39)19-5-3-4-10-29-19)22-9-8-21(38-22)15-11-16(26(32)33)13-17(12-15)27(34)35/h3-14,24-25H,1-2H3,(H,30,39)(H,32,33)(H,34,35)/t24-,25+/m0/s1. The highest BCUT2D eigenvalue weighted by molar-refractivity contribution is 7.80. The second kappa shape index (κ2) is 10.5. The summed E-state index contributed by atoms with van der Waals surface area (Å²) in [7, 11) is 3.12.